The molecule has 1 fully saturated rings. The average molecular weight is 156 g/mol. The Bertz CT molecular complexity index is 110. The Balaban J connectivity index is 2.43. The Labute approximate surface area is 69.8 Å². The monoisotopic (exact) mass is 156 g/mol. The summed E-state index contributed by atoms with van der Waals surface area (Å²) in [5.74, 6) is 2.23. The number of hydrogen-bond acceptors (Lipinski definition) is 1. The van der Waals surface area contributed by atoms with E-state index in [4.69, 9.17) is 0 Å². The second-order valence-corrected chi connectivity index (χ2v) is 4.47. The van der Waals surface area contributed by atoms with Gasteiger partial charge < -0.3 is 5.11 Å². The minimum Gasteiger partial charge on any atom is -0.393 e. The average Bonchev–Trinajstić information content (AvgIpc) is 1.85. The summed E-state index contributed by atoms with van der Waals surface area (Å²) in [5.41, 5.74) is 0. The van der Waals surface area contributed by atoms with Gasteiger partial charge in [-0.25, -0.2) is 0 Å². The van der Waals surface area contributed by atoms with Crippen LogP contribution in [0, 0.1) is 17.8 Å². The van der Waals surface area contributed by atoms with Gasteiger partial charge >= 0.3 is 0 Å². The Morgan fingerprint density at radius 1 is 1.18 bits per heavy atom. The van der Waals surface area contributed by atoms with Crippen molar-refractivity contribution in [3.05, 3.63) is 0 Å². The zero-order valence-electron chi connectivity index (χ0n) is 7.88. The summed E-state index contributed by atoms with van der Waals surface area (Å²) in [5, 5.41) is 9.50. The van der Waals surface area contributed by atoms with Crippen LogP contribution in [0.5, 0.6) is 0 Å². The molecular weight excluding hydrogens is 136 g/mol. The molecule has 1 aliphatic carbocycles. The molecule has 2 unspecified atom stereocenters. The van der Waals surface area contributed by atoms with Gasteiger partial charge in [-0.05, 0) is 37.0 Å². The zero-order chi connectivity index (χ0) is 8.43. The van der Waals surface area contributed by atoms with Crippen LogP contribution in [-0.2, 0) is 0 Å². The van der Waals surface area contributed by atoms with Crippen molar-refractivity contribution >= 4 is 0 Å². The number of hydrogen-bond donors (Lipinski definition) is 1. The lowest BCUT2D eigenvalue weighted by molar-refractivity contribution is 0.0599. The number of aliphatic hydroxyl groups excluding tert-OH is 1. The maximum absolute atomic E-state index is 9.50. The lowest BCUT2D eigenvalue weighted by Crippen LogP contribution is -2.27. The van der Waals surface area contributed by atoms with Crippen molar-refractivity contribution in [3.8, 4) is 0 Å². The molecule has 11 heavy (non-hydrogen) atoms. The topological polar surface area (TPSA) is 20.2 Å². The van der Waals surface area contributed by atoms with Crippen LogP contribution in [0.2, 0.25) is 0 Å². The second kappa shape index (κ2) is 3.57. The molecule has 0 radical (unpaired) electrons. The van der Waals surface area contributed by atoms with E-state index in [1.807, 2.05) is 0 Å². The quantitative estimate of drug-likeness (QED) is 0.618. The molecule has 0 heterocycles. The number of aliphatic hydroxyl groups is 1. The highest BCUT2D eigenvalue weighted by Gasteiger charge is 2.26. The summed E-state index contributed by atoms with van der Waals surface area (Å²) in [4.78, 5) is 0. The normalized spacial score (nSPS) is 39.5. The summed E-state index contributed by atoms with van der Waals surface area (Å²) in [6.45, 7) is 6.77. The van der Waals surface area contributed by atoms with Gasteiger partial charge in [-0.15, -0.1) is 0 Å². The highest BCUT2D eigenvalue weighted by atomic mass is 16.3. The van der Waals surface area contributed by atoms with Crippen LogP contribution in [-0.4, -0.2) is 11.2 Å². The maximum atomic E-state index is 9.50. The van der Waals surface area contributed by atoms with Gasteiger partial charge in [-0.2, -0.15) is 0 Å². The third-order valence-electron chi connectivity index (χ3n) is 2.90. The van der Waals surface area contributed by atoms with Crippen LogP contribution in [0.15, 0.2) is 0 Å². The van der Waals surface area contributed by atoms with Gasteiger partial charge in [0.05, 0.1) is 6.10 Å². The first-order valence-corrected chi connectivity index (χ1v) is 4.77. The second-order valence-electron chi connectivity index (χ2n) is 4.47. The SMILES string of the molecule is CC1CC(O)C[C@H](C(C)C)C1. The molecule has 0 saturated heterocycles. The minimum absolute atomic E-state index is 0.0221. The van der Waals surface area contributed by atoms with E-state index in [0.29, 0.717) is 0 Å². The fourth-order valence-electron chi connectivity index (χ4n) is 2.16. The van der Waals surface area contributed by atoms with Crippen LogP contribution in [0.25, 0.3) is 0 Å². The molecule has 0 bridgehead atoms. The molecule has 0 aromatic rings. The molecule has 0 aromatic carbocycles. The van der Waals surface area contributed by atoms with Gasteiger partial charge in [-0.3, -0.25) is 0 Å². The summed E-state index contributed by atoms with van der Waals surface area (Å²) in [6, 6.07) is 0. The number of rotatable bonds is 1. The highest BCUT2D eigenvalue weighted by Crippen LogP contribution is 2.33. The van der Waals surface area contributed by atoms with Crippen LogP contribution < -0.4 is 0 Å². The van der Waals surface area contributed by atoms with Gasteiger partial charge in [0.2, 0.25) is 0 Å². The Morgan fingerprint density at radius 3 is 2.27 bits per heavy atom. The van der Waals surface area contributed by atoms with Crippen molar-refractivity contribution in [2.75, 3.05) is 0 Å². The van der Waals surface area contributed by atoms with E-state index < -0.39 is 0 Å². The maximum Gasteiger partial charge on any atom is 0.0545 e. The van der Waals surface area contributed by atoms with Gasteiger partial charge in [0.15, 0.2) is 0 Å². The predicted molar refractivity (Wildman–Crippen MR) is 47.3 cm³/mol. The summed E-state index contributed by atoms with van der Waals surface area (Å²) in [6.07, 6.45) is 3.34. The van der Waals surface area contributed by atoms with Crippen LogP contribution in [0.3, 0.4) is 0 Å². The van der Waals surface area contributed by atoms with Crippen LogP contribution in [0.1, 0.15) is 40.0 Å². The molecule has 3 atom stereocenters. The fraction of sp³-hybridized carbons (Fsp3) is 1.00. The Morgan fingerprint density at radius 2 is 1.82 bits per heavy atom. The molecule has 0 aromatic heterocycles. The van der Waals surface area contributed by atoms with E-state index in [-0.39, 0.29) is 6.10 Å². The smallest absolute Gasteiger partial charge is 0.0545 e. The fourth-order valence-corrected chi connectivity index (χ4v) is 2.16. The summed E-state index contributed by atoms with van der Waals surface area (Å²) < 4.78 is 0. The van der Waals surface area contributed by atoms with E-state index in [0.717, 1.165) is 30.6 Å². The van der Waals surface area contributed by atoms with Crippen molar-refractivity contribution in [2.24, 2.45) is 17.8 Å². The van der Waals surface area contributed by atoms with Gasteiger partial charge in [0, 0.05) is 0 Å². The first-order chi connectivity index (χ1) is 5.09. The standard InChI is InChI=1S/C10H20O/c1-7(2)9-4-8(3)5-10(11)6-9/h7-11H,4-6H2,1-3H3/t8?,9-,10?/m1/s1. The third kappa shape index (κ3) is 2.48. The summed E-state index contributed by atoms with van der Waals surface area (Å²) in [7, 11) is 0. The molecule has 1 heteroatoms. The van der Waals surface area contributed by atoms with E-state index in [1.165, 1.54) is 6.42 Å². The van der Waals surface area contributed by atoms with Crippen LogP contribution >= 0.6 is 0 Å². The van der Waals surface area contributed by atoms with Crippen molar-refractivity contribution in [1.82, 2.24) is 0 Å². The van der Waals surface area contributed by atoms with Gasteiger partial charge in [0.25, 0.3) is 0 Å². The molecule has 1 saturated carbocycles. The van der Waals surface area contributed by atoms with Crippen LogP contribution in [0.4, 0.5) is 0 Å². The Kier molecular flexibility index (Phi) is 2.94. The van der Waals surface area contributed by atoms with Gasteiger partial charge in [0.1, 0.15) is 0 Å². The van der Waals surface area contributed by atoms with Crippen molar-refractivity contribution in [3.63, 3.8) is 0 Å². The molecule has 0 aliphatic heterocycles. The molecule has 0 spiro atoms. The molecule has 1 aliphatic rings. The molecule has 1 N–H and O–H groups in total. The molecule has 1 nitrogen and oxygen atoms in total. The Hall–Kier alpha value is -0.0400. The molecule has 1 rings (SSSR count). The van der Waals surface area contributed by atoms with E-state index in [1.54, 1.807) is 0 Å². The van der Waals surface area contributed by atoms with E-state index >= 15 is 0 Å². The predicted octanol–water partition coefficient (Wildman–Crippen LogP) is 2.44. The molecule has 66 valence electrons. The third-order valence-corrected chi connectivity index (χ3v) is 2.90. The first-order valence-electron chi connectivity index (χ1n) is 4.77. The summed E-state index contributed by atoms with van der Waals surface area (Å²) >= 11 is 0. The van der Waals surface area contributed by atoms with Crippen molar-refractivity contribution < 1.29 is 5.11 Å². The van der Waals surface area contributed by atoms with Crippen molar-refractivity contribution in [1.29, 1.82) is 0 Å². The van der Waals surface area contributed by atoms with E-state index in [9.17, 15) is 5.11 Å². The minimum atomic E-state index is -0.0221. The van der Waals surface area contributed by atoms with Gasteiger partial charge in [-0.1, -0.05) is 20.8 Å². The lowest BCUT2D eigenvalue weighted by atomic mass is 9.76. The largest absolute Gasteiger partial charge is 0.393 e. The van der Waals surface area contributed by atoms with E-state index in [2.05, 4.69) is 20.8 Å². The highest BCUT2D eigenvalue weighted by molar-refractivity contribution is 4.77. The molecule has 0 amide bonds. The zero-order valence-corrected chi connectivity index (χ0v) is 7.88. The first kappa shape index (κ1) is 9.05. The molecular formula is C10H20O. The lowest BCUT2D eigenvalue weighted by Gasteiger charge is -2.32. The van der Waals surface area contributed by atoms with Crippen molar-refractivity contribution in [2.45, 2.75) is 46.1 Å².